The van der Waals surface area contributed by atoms with Crippen LogP contribution in [0.2, 0.25) is 0 Å². The fourth-order valence-electron chi connectivity index (χ4n) is 4.17. The lowest BCUT2D eigenvalue weighted by Crippen LogP contribution is -2.32. The lowest BCUT2D eigenvalue weighted by Gasteiger charge is -2.31. The van der Waals surface area contributed by atoms with E-state index in [4.69, 9.17) is 0 Å². The number of carbonyl (C=O) groups is 1. The number of carbonyl (C=O) groups excluding carboxylic acids is 1. The molecule has 1 aliphatic rings. The van der Waals surface area contributed by atoms with Crippen molar-refractivity contribution in [2.24, 2.45) is 0 Å². The third-order valence-corrected chi connectivity index (χ3v) is 5.66. The highest BCUT2D eigenvalue weighted by atomic mass is 16.6. The molecule has 0 heterocycles. The third kappa shape index (κ3) is 3.47. The molecule has 0 unspecified atom stereocenters. The van der Waals surface area contributed by atoms with E-state index in [2.05, 4.69) is 24.4 Å². The van der Waals surface area contributed by atoms with Gasteiger partial charge in [0, 0.05) is 12.1 Å². The van der Waals surface area contributed by atoms with Gasteiger partial charge in [-0.25, -0.2) is 0 Å². The Balaban J connectivity index is 1.74. The largest absolute Gasteiger partial charge is 0.345 e. The first kappa shape index (κ1) is 19.5. The maximum atomic E-state index is 12.9. The van der Waals surface area contributed by atoms with Crippen LogP contribution in [0.3, 0.4) is 0 Å². The number of rotatable bonds is 4. The molecule has 152 valence electrons. The third-order valence-electron chi connectivity index (χ3n) is 5.66. The molecule has 8 heteroatoms. The Bertz CT molecular complexity index is 1160. The maximum absolute atomic E-state index is 12.9. The van der Waals surface area contributed by atoms with Crippen molar-refractivity contribution in [3.63, 3.8) is 0 Å². The summed E-state index contributed by atoms with van der Waals surface area (Å²) in [5, 5.41) is 27.3. The van der Waals surface area contributed by atoms with E-state index in [0.29, 0.717) is 12.3 Å². The average Bonchev–Trinajstić information content (AvgIpc) is 2.74. The van der Waals surface area contributed by atoms with Gasteiger partial charge >= 0.3 is 0 Å². The molecule has 8 nitrogen and oxygen atoms in total. The lowest BCUT2D eigenvalue weighted by molar-refractivity contribution is -0.394. The second kappa shape index (κ2) is 7.55. The van der Waals surface area contributed by atoms with Gasteiger partial charge in [-0.15, -0.1) is 0 Å². The van der Waals surface area contributed by atoms with Crippen LogP contribution in [-0.2, 0) is 0 Å². The van der Waals surface area contributed by atoms with Gasteiger partial charge in [-0.2, -0.15) is 0 Å². The Hall–Kier alpha value is -3.81. The molecule has 0 aromatic heterocycles. The molecule has 4 rings (SSSR count). The summed E-state index contributed by atoms with van der Waals surface area (Å²) in [6, 6.07) is 14.8. The molecular weight excluding hydrogens is 386 g/mol. The van der Waals surface area contributed by atoms with Crippen molar-refractivity contribution in [2.45, 2.75) is 31.7 Å². The molecular formula is C22H19N3O5. The van der Waals surface area contributed by atoms with Gasteiger partial charge in [0.2, 0.25) is 0 Å². The van der Waals surface area contributed by atoms with Crippen molar-refractivity contribution in [3.8, 4) is 0 Å². The number of fused-ring (bicyclic) bond motifs is 3. The summed E-state index contributed by atoms with van der Waals surface area (Å²) < 4.78 is 0. The van der Waals surface area contributed by atoms with E-state index >= 15 is 0 Å². The number of benzene rings is 3. The number of nitro groups is 2. The van der Waals surface area contributed by atoms with Gasteiger partial charge in [0.25, 0.3) is 17.3 Å². The van der Waals surface area contributed by atoms with Gasteiger partial charge in [0.1, 0.15) is 0 Å². The van der Waals surface area contributed by atoms with Crippen molar-refractivity contribution in [1.29, 1.82) is 0 Å². The number of hydrogen-bond donors (Lipinski definition) is 1. The van der Waals surface area contributed by atoms with Crippen LogP contribution in [0.5, 0.6) is 0 Å². The Labute approximate surface area is 171 Å². The number of nitrogens with zero attached hydrogens (tertiary/aromatic N) is 2. The molecule has 0 aliphatic heterocycles. The first-order valence-corrected chi connectivity index (χ1v) is 9.61. The normalized spacial score (nSPS) is 17.9. The van der Waals surface area contributed by atoms with Gasteiger partial charge < -0.3 is 5.32 Å². The summed E-state index contributed by atoms with van der Waals surface area (Å²) in [7, 11) is 0. The lowest BCUT2D eigenvalue weighted by atomic mass is 9.78. The monoisotopic (exact) mass is 405 g/mol. The van der Waals surface area contributed by atoms with Gasteiger partial charge in [-0.3, -0.25) is 25.0 Å². The zero-order valence-corrected chi connectivity index (χ0v) is 16.2. The predicted octanol–water partition coefficient (Wildman–Crippen LogP) is 5.02. The maximum Gasteiger partial charge on any atom is 0.277 e. The van der Waals surface area contributed by atoms with E-state index in [1.165, 1.54) is 0 Å². The predicted molar refractivity (Wildman–Crippen MR) is 112 cm³/mol. The van der Waals surface area contributed by atoms with Crippen molar-refractivity contribution >= 4 is 28.1 Å². The molecule has 1 N–H and O–H groups in total. The average molecular weight is 405 g/mol. The Morgan fingerprint density at radius 1 is 0.967 bits per heavy atom. The van der Waals surface area contributed by atoms with Crippen molar-refractivity contribution < 1.29 is 14.6 Å². The van der Waals surface area contributed by atoms with Crippen LogP contribution in [0.25, 0.3) is 10.8 Å². The minimum absolute atomic E-state index is 0.101. The van der Waals surface area contributed by atoms with E-state index in [1.54, 1.807) is 0 Å². The Morgan fingerprint density at radius 2 is 1.63 bits per heavy atom. The standard InChI is InChI=1S/C22H19N3O5/c1-13-6-9-20(21-18(13)8-7-14-4-2-3-5-19(14)21)23-22(26)15-10-16(24(27)28)12-17(11-15)25(29)30/h2-5,7-8,10-13,20H,6,9H2,1H3,(H,23,26)/t13-,20-/m1/s1. The highest BCUT2D eigenvalue weighted by Crippen LogP contribution is 2.41. The molecule has 0 saturated carbocycles. The zero-order valence-electron chi connectivity index (χ0n) is 16.2. The van der Waals surface area contributed by atoms with E-state index < -0.39 is 27.1 Å². The highest BCUT2D eigenvalue weighted by molar-refractivity contribution is 5.96. The van der Waals surface area contributed by atoms with Crippen molar-refractivity contribution in [3.05, 3.63) is 91.5 Å². The summed E-state index contributed by atoms with van der Waals surface area (Å²) in [5.41, 5.74) is 1.13. The summed E-state index contributed by atoms with van der Waals surface area (Å²) in [5.74, 6) is -0.225. The van der Waals surface area contributed by atoms with E-state index in [0.717, 1.165) is 46.5 Å². The summed E-state index contributed by atoms with van der Waals surface area (Å²) in [6.45, 7) is 2.15. The minimum Gasteiger partial charge on any atom is -0.345 e. The highest BCUT2D eigenvalue weighted by Gasteiger charge is 2.29. The van der Waals surface area contributed by atoms with E-state index in [1.807, 2.05) is 24.3 Å². The molecule has 0 bridgehead atoms. The van der Waals surface area contributed by atoms with Crippen LogP contribution in [0, 0.1) is 20.2 Å². The van der Waals surface area contributed by atoms with E-state index in [-0.39, 0.29) is 11.6 Å². The van der Waals surface area contributed by atoms with E-state index in [9.17, 15) is 25.0 Å². The molecule has 0 saturated heterocycles. The molecule has 3 aromatic carbocycles. The zero-order chi connectivity index (χ0) is 21.4. The number of nitrogens with one attached hydrogen (secondary N) is 1. The van der Waals surface area contributed by atoms with Crippen LogP contribution >= 0.6 is 0 Å². The molecule has 2 atom stereocenters. The van der Waals surface area contributed by atoms with Crippen LogP contribution in [0.1, 0.15) is 53.2 Å². The van der Waals surface area contributed by atoms with Crippen LogP contribution in [0.4, 0.5) is 11.4 Å². The quantitative estimate of drug-likeness (QED) is 0.483. The first-order chi connectivity index (χ1) is 14.3. The second-order valence-corrected chi connectivity index (χ2v) is 7.55. The Morgan fingerprint density at radius 3 is 2.30 bits per heavy atom. The number of hydrogen-bond acceptors (Lipinski definition) is 5. The number of non-ortho nitro benzene ring substituents is 2. The number of nitro benzene ring substituents is 2. The fourth-order valence-corrected chi connectivity index (χ4v) is 4.17. The molecule has 0 radical (unpaired) electrons. The molecule has 0 fully saturated rings. The fraction of sp³-hybridized carbons (Fsp3) is 0.227. The summed E-state index contributed by atoms with van der Waals surface area (Å²) in [6.07, 6.45) is 1.59. The number of amides is 1. The van der Waals surface area contributed by atoms with Crippen molar-refractivity contribution in [1.82, 2.24) is 5.32 Å². The van der Waals surface area contributed by atoms with Crippen LogP contribution < -0.4 is 5.32 Å². The molecule has 1 amide bonds. The van der Waals surface area contributed by atoms with Crippen LogP contribution in [-0.4, -0.2) is 15.8 Å². The summed E-state index contributed by atoms with van der Waals surface area (Å²) in [4.78, 5) is 33.7. The first-order valence-electron chi connectivity index (χ1n) is 9.61. The Kier molecular flexibility index (Phi) is 4.91. The van der Waals surface area contributed by atoms with Gasteiger partial charge in [-0.05, 0) is 40.7 Å². The SMILES string of the molecule is C[C@@H]1CC[C@@H](NC(=O)c2cc([N+](=O)[O-])cc([N+](=O)[O-])c2)c2c1ccc1ccccc21. The molecule has 1 aliphatic carbocycles. The minimum atomic E-state index is -0.741. The van der Waals surface area contributed by atoms with Crippen molar-refractivity contribution in [2.75, 3.05) is 0 Å². The smallest absolute Gasteiger partial charge is 0.277 e. The summed E-state index contributed by atoms with van der Waals surface area (Å²) >= 11 is 0. The van der Waals surface area contributed by atoms with Gasteiger partial charge in [-0.1, -0.05) is 43.3 Å². The van der Waals surface area contributed by atoms with Gasteiger partial charge in [0.15, 0.2) is 0 Å². The molecule has 3 aromatic rings. The second-order valence-electron chi connectivity index (χ2n) is 7.55. The molecule has 0 spiro atoms. The van der Waals surface area contributed by atoms with Crippen LogP contribution in [0.15, 0.2) is 54.6 Å². The van der Waals surface area contributed by atoms with Gasteiger partial charge in [0.05, 0.1) is 27.5 Å². The topological polar surface area (TPSA) is 115 Å². The molecule has 30 heavy (non-hydrogen) atoms.